The van der Waals surface area contributed by atoms with Gasteiger partial charge in [0.25, 0.3) is 5.56 Å². The van der Waals surface area contributed by atoms with Crippen molar-refractivity contribution in [1.29, 1.82) is 0 Å². The fourth-order valence-corrected chi connectivity index (χ4v) is 2.35. The normalized spacial score (nSPS) is 12.7. The lowest BCUT2D eigenvalue weighted by Gasteiger charge is -2.09. The van der Waals surface area contributed by atoms with Gasteiger partial charge in [0.1, 0.15) is 5.65 Å². The average molecular weight is 279 g/mol. The Hall–Kier alpha value is -1.56. The molecular formula is C13H17N3O2S. The second-order valence-electron chi connectivity index (χ2n) is 4.42. The Kier molecular flexibility index (Phi) is 4.42. The first-order chi connectivity index (χ1) is 9.13. The molecule has 1 atom stereocenters. The van der Waals surface area contributed by atoms with Gasteiger partial charge < -0.3 is 0 Å². The van der Waals surface area contributed by atoms with Gasteiger partial charge >= 0.3 is 0 Å². The molecule has 0 aliphatic carbocycles. The fraction of sp³-hybridized carbons (Fsp3) is 0.462. The molecule has 2 aromatic heterocycles. The van der Waals surface area contributed by atoms with Crippen LogP contribution in [0.3, 0.4) is 0 Å². The Bertz CT molecular complexity index is 666. The molecule has 0 amide bonds. The molecule has 2 aromatic rings. The molecule has 0 bridgehead atoms. The minimum atomic E-state index is -1.24. The lowest BCUT2D eigenvalue weighted by atomic mass is 10.2. The molecule has 0 saturated heterocycles. The number of fused-ring (bicyclic) bond motifs is 1. The summed E-state index contributed by atoms with van der Waals surface area (Å²) < 4.78 is 13.1. The summed E-state index contributed by atoms with van der Waals surface area (Å²) in [4.78, 5) is 20.2. The van der Waals surface area contributed by atoms with Gasteiger partial charge in [-0.25, -0.2) is 9.97 Å². The minimum absolute atomic E-state index is 0.0739. The highest BCUT2D eigenvalue weighted by Crippen LogP contribution is 2.11. The van der Waals surface area contributed by atoms with Crippen LogP contribution in [0.5, 0.6) is 0 Å². The standard InChI is InChI=1S/C13H17N3O2S/c1-3-4-5-8-16-11(17)7-6-10-9-14-13(19(2)18)15-12(10)16/h6-7,9H,3-5,8H2,1-2H3. The van der Waals surface area contributed by atoms with Crippen LogP contribution in [0, 0.1) is 0 Å². The molecule has 6 heteroatoms. The molecule has 102 valence electrons. The highest BCUT2D eigenvalue weighted by Gasteiger charge is 2.08. The van der Waals surface area contributed by atoms with Gasteiger partial charge in [0.15, 0.2) is 0 Å². The molecular weight excluding hydrogens is 262 g/mol. The lowest BCUT2D eigenvalue weighted by molar-refractivity contribution is 0.596. The number of hydrogen-bond acceptors (Lipinski definition) is 4. The predicted molar refractivity (Wildman–Crippen MR) is 75.7 cm³/mol. The number of hydrogen-bond donors (Lipinski definition) is 0. The summed E-state index contributed by atoms with van der Waals surface area (Å²) in [6, 6.07) is 3.23. The van der Waals surface area contributed by atoms with Gasteiger partial charge in [-0.05, 0) is 12.5 Å². The summed E-state index contributed by atoms with van der Waals surface area (Å²) in [6.45, 7) is 2.75. The second-order valence-corrected chi connectivity index (χ2v) is 5.69. The molecule has 0 spiro atoms. The first-order valence-electron chi connectivity index (χ1n) is 6.33. The Labute approximate surface area is 114 Å². The quantitative estimate of drug-likeness (QED) is 0.617. The van der Waals surface area contributed by atoms with E-state index in [0.29, 0.717) is 12.2 Å². The van der Waals surface area contributed by atoms with Crippen LogP contribution < -0.4 is 5.56 Å². The largest absolute Gasteiger partial charge is 0.293 e. The minimum Gasteiger partial charge on any atom is -0.293 e. The van der Waals surface area contributed by atoms with Gasteiger partial charge in [-0.1, -0.05) is 19.8 Å². The molecule has 0 radical (unpaired) electrons. The van der Waals surface area contributed by atoms with Gasteiger partial charge in [0.2, 0.25) is 5.16 Å². The molecule has 2 rings (SSSR count). The number of pyridine rings is 1. The van der Waals surface area contributed by atoms with Crippen LogP contribution in [0.1, 0.15) is 26.2 Å². The van der Waals surface area contributed by atoms with E-state index < -0.39 is 10.8 Å². The van der Waals surface area contributed by atoms with Crippen molar-refractivity contribution >= 4 is 21.8 Å². The van der Waals surface area contributed by atoms with Gasteiger partial charge in [0.05, 0.1) is 10.8 Å². The molecule has 0 fully saturated rings. The van der Waals surface area contributed by atoms with Crippen LogP contribution in [0.2, 0.25) is 0 Å². The maximum absolute atomic E-state index is 11.9. The fourth-order valence-electron chi connectivity index (χ4n) is 1.93. The van der Waals surface area contributed by atoms with Crippen LogP contribution in [0.4, 0.5) is 0 Å². The number of nitrogens with zero attached hydrogens (tertiary/aromatic N) is 3. The highest BCUT2D eigenvalue weighted by molar-refractivity contribution is 7.84. The molecule has 19 heavy (non-hydrogen) atoms. The van der Waals surface area contributed by atoms with E-state index in [0.717, 1.165) is 24.6 Å². The predicted octanol–water partition coefficient (Wildman–Crippen LogP) is 1.72. The number of aromatic nitrogens is 3. The SMILES string of the molecule is CCCCCn1c(=O)ccc2cnc(S(C)=O)nc21. The molecule has 0 N–H and O–H groups in total. The van der Waals surface area contributed by atoms with Crippen molar-refractivity contribution in [2.75, 3.05) is 6.26 Å². The van der Waals surface area contributed by atoms with E-state index in [2.05, 4.69) is 16.9 Å². The Balaban J connectivity index is 2.52. The van der Waals surface area contributed by atoms with E-state index in [1.165, 1.54) is 12.3 Å². The third-order valence-corrected chi connectivity index (χ3v) is 3.65. The molecule has 0 aliphatic rings. The summed E-state index contributed by atoms with van der Waals surface area (Å²) in [6.07, 6.45) is 6.25. The lowest BCUT2D eigenvalue weighted by Crippen LogP contribution is -2.20. The molecule has 2 heterocycles. The first kappa shape index (κ1) is 13.9. The number of aryl methyl sites for hydroxylation is 1. The van der Waals surface area contributed by atoms with E-state index in [1.807, 2.05) is 0 Å². The van der Waals surface area contributed by atoms with Crippen LogP contribution in [-0.2, 0) is 17.3 Å². The Morgan fingerprint density at radius 2 is 2.11 bits per heavy atom. The zero-order chi connectivity index (χ0) is 13.8. The third kappa shape index (κ3) is 3.07. The zero-order valence-electron chi connectivity index (χ0n) is 11.1. The van der Waals surface area contributed by atoms with Crippen LogP contribution >= 0.6 is 0 Å². The molecule has 5 nitrogen and oxygen atoms in total. The van der Waals surface area contributed by atoms with Crippen molar-refractivity contribution in [1.82, 2.24) is 14.5 Å². The van der Waals surface area contributed by atoms with Crippen LogP contribution in [-0.4, -0.2) is 25.0 Å². The highest BCUT2D eigenvalue weighted by atomic mass is 32.2. The van der Waals surface area contributed by atoms with Crippen LogP contribution in [0.25, 0.3) is 11.0 Å². The smallest absolute Gasteiger partial charge is 0.252 e. The van der Waals surface area contributed by atoms with E-state index in [9.17, 15) is 9.00 Å². The average Bonchev–Trinajstić information content (AvgIpc) is 2.40. The summed E-state index contributed by atoms with van der Waals surface area (Å²) in [5, 5.41) is 1.06. The van der Waals surface area contributed by atoms with Crippen molar-refractivity contribution in [3.8, 4) is 0 Å². The summed E-state index contributed by atoms with van der Waals surface area (Å²) >= 11 is 0. The summed E-state index contributed by atoms with van der Waals surface area (Å²) in [5.41, 5.74) is 0.499. The topological polar surface area (TPSA) is 64.8 Å². The van der Waals surface area contributed by atoms with Crippen molar-refractivity contribution in [3.05, 3.63) is 28.7 Å². The van der Waals surface area contributed by atoms with E-state index >= 15 is 0 Å². The molecule has 0 saturated carbocycles. The zero-order valence-corrected chi connectivity index (χ0v) is 11.9. The van der Waals surface area contributed by atoms with E-state index in [-0.39, 0.29) is 10.7 Å². The molecule has 0 aliphatic heterocycles. The third-order valence-electron chi connectivity index (χ3n) is 2.94. The van der Waals surface area contributed by atoms with Crippen molar-refractivity contribution in [2.45, 2.75) is 37.9 Å². The monoisotopic (exact) mass is 279 g/mol. The maximum Gasteiger partial charge on any atom is 0.252 e. The molecule has 1 unspecified atom stereocenters. The van der Waals surface area contributed by atoms with Gasteiger partial charge in [-0.3, -0.25) is 13.6 Å². The number of unbranched alkanes of at least 4 members (excludes halogenated alkanes) is 2. The molecule has 0 aromatic carbocycles. The second kappa shape index (κ2) is 6.06. The van der Waals surface area contributed by atoms with E-state index in [4.69, 9.17) is 0 Å². The van der Waals surface area contributed by atoms with Gasteiger partial charge in [0, 0.05) is 30.4 Å². The maximum atomic E-state index is 11.9. The van der Waals surface area contributed by atoms with Crippen molar-refractivity contribution in [3.63, 3.8) is 0 Å². The van der Waals surface area contributed by atoms with Crippen molar-refractivity contribution < 1.29 is 4.21 Å². The van der Waals surface area contributed by atoms with Gasteiger partial charge in [-0.2, -0.15) is 0 Å². The van der Waals surface area contributed by atoms with Crippen molar-refractivity contribution in [2.24, 2.45) is 0 Å². The number of rotatable bonds is 5. The summed E-state index contributed by atoms with van der Waals surface area (Å²) in [7, 11) is -1.24. The Morgan fingerprint density at radius 3 is 2.79 bits per heavy atom. The Morgan fingerprint density at radius 1 is 1.32 bits per heavy atom. The van der Waals surface area contributed by atoms with Gasteiger partial charge in [-0.15, -0.1) is 0 Å². The first-order valence-corrected chi connectivity index (χ1v) is 7.89. The van der Waals surface area contributed by atoms with Crippen LogP contribution in [0.15, 0.2) is 28.3 Å². The van der Waals surface area contributed by atoms with E-state index in [1.54, 1.807) is 16.8 Å². The summed E-state index contributed by atoms with van der Waals surface area (Å²) in [5.74, 6) is 0.